The number of aromatic nitrogens is 3. The summed E-state index contributed by atoms with van der Waals surface area (Å²) in [5.41, 5.74) is -0.544. The highest BCUT2D eigenvalue weighted by Crippen LogP contribution is 2.36. The van der Waals surface area contributed by atoms with Crippen molar-refractivity contribution >= 4 is 40.6 Å². The summed E-state index contributed by atoms with van der Waals surface area (Å²) in [6.07, 6.45) is -2.99. The van der Waals surface area contributed by atoms with E-state index in [1.807, 2.05) is 0 Å². The molecule has 1 aromatic heterocycles. The van der Waals surface area contributed by atoms with Crippen LogP contribution in [0.5, 0.6) is 0 Å². The van der Waals surface area contributed by atoms with Crippen molar-refractivity contribution in [2.75, 3.05) is 17.7 Å². The van der Waals surface area contributed by atoms with Crippen molar-refractivity contribution in [3.05, 3.63) is 63.2 Å². The van der Waals surface area contributed by atoms with Gasteiger partial charge in [-0.2, -0.15) is 13.2 Å². The van der Waals surface area contributed by atoms with E-state index in [4.69, 9.17) is 16.3 Å². The molecular formula is C22H19ClF3N5O4S. The van der Waals surface area contributed by atoms with Gasteiger partial charge in [0.05, 0.1) is 33.9 Å². The number of ether oxygens (including phenoxy) is 1. The third-order valence-corrected chi connectivity index (χ3v) is 6.65. The lowest BCUT2D eigenvalue weighted by Crippen LogP contribution is -2.18. The van der Waals surface area contributed by atoms with Crippen LogP contribution in [0.2, 0.25) is 5.02 Å². The summed E-state index contributed by atoms with van der Waals surface area (Å²) in [5, 5.41) is 21.7. The van der Waals surface area contributed by atoms with E-state index in [1.165, 1.54) is 18.2 Å². The second-order valence-electron chi connectivity index (χ2n) is 7.89. The maximum atomic E-state index is 13.1. The van der Waals surface area contributed by atoms with Gasteiger partial charge in [0.25, 0.3) is 5.69 Å². The second-order valence-corrected chi connectivity index (χ2v) is 9.23. The number of amides is 1. The van der Waals surface area contributed by atoms with Gasteiger partial charge in [-0.3, -0.25) is 19.5 Å². The molecule has 36 heavy (non-hydrogen) atoms. The fourth-order valence-electron chi connectivity index (χ4n) is 3.65. The van der Waals surface area contributed by atoms with E-state index in [-0.39, 0.29) is 23.2 Å². The summed E-state index contributed by atoms with van der Waals surface area (Å²) < 4.78 is 46.8. The van der Waals surface area contributed by atoms with Gasteiger partial charge in [0.15, 0.2) is 11.0 Å². The van der Waals surface area contributed by atoms with Crippen LogP contribution >= 0.6 is 23.4 Å². The maximum absolute atomic E-state index is 13.1. The number of halogens is 4. The average Bonchev–Trinajstić information content (AvgIpc) is 3.49. The molecule has 1 fully saturated rings. The van der Waals surface area contributed by atoms with E-state index in [1.54, 1.807) is 16.7 Å². The molecule has 190 valence electrons. The molecule has 3 aromatic rings. The van der Waals surface area contributed by atoms with Gasteiger partial charge in [-0.25, -0.2) is 0 Å². The highest BCUT2D eigenvalue weighted by Gasteiger charge is 2.33. The Kier molecular flexibility index (Phi) is 7.81. The minimum absolute atomic E-state index is 0.0373. The molecule has 1 saturated heterocycles. The number of nitro groups is 1. The van der Waals surface area contributed by atoms with Crippen LogP contribution < -0.4 is 5.32 Å². The molecule has 1 aliphatic heterocycles. The number of non-ortho nitro benzene ring substituents is 1. The third kappa shape index (κ3) is 6.15. The minimum atomic E-state index is -4.65. The predicted octanol–water partition coefficient (Wildman–Crippen LogP) is 5.44. The van der Waals surface area contributed by atoms with E-state index in [9.17, 15) is 28.1 Å². The Hall–Kier alpha value is -3.16. The number of nitrogens with zero attached hydrogens (tertiary/aromatic N) is 4. The van der Waals surface area contributed by atoms with Crippen molar-refractivity contribution in [1.82, 2.24) is 14.8 Å². The van der Waals surface area contributed by atoms with Gasteiger partial charge in [-0.1, -0.05) is 23.4 Å². The summed E-state index contributed by atoms with van der Waals surface area (Å²) in [4.78, 5) is 22.9. The number of alkyl halides is 3. The van der Waals surface area contributed by atoms with Crippen molar-refractivity contribution in [3.8, 4) is 11.4 Å². The maximum Gasteiger partial charge on any atom is 0.417 e. The van der Waals surface area contributed by atoms with E-state index < -0.39 is 27.6 Å². The van der Waals surface area contributed by atoms with Crippen LogP contribution in [0.4, 0.5) is 24.5 Å². The molecule has 1 amide bonds. The Morgan fingerprint density at radius 2 is 2.00 bits per heavy atom. The Balaban J connectivity index is 1.50. The molecule has 0 saturated carbocycles. The van der Waals surface area contributed by atoms with Crippen molar-refractivity contribution in [2.45, 2.75) is 36.8 Å². The third-order valence-electron chi connectivity index (χ3n) is 5.35. The topological polar surface area (TPSA) is 112 Å². The first-order chi connectivity index (χ1) is 17.1. The van der Waals surface area contributed by atoms with Crippen LogP contribution in [-0.2, 0) is 22.3 Å². The monoisotopic (exact) mass is 541 g/mol. The number of hydrogen-bond donors (Lipinski definition) is 1. The molecule has 2 heterocycles. The van der Waals surface area contributed by atoms with Gasteiger partial charge in [0, 0.05) is 30.0 Å². The molecule has 4 rings (SSSR count). The predicted molar refractivity (Wildman–Crippen MR) is 127 cm³/mol. The fourth-order valence-corrected chi connectivity index (χ4v) is 4.62. The highest BCUT2D eigenvalue weighted by molar-refractivity contribution is 7.99. The molecule has 1 atom stereocenters. The average molecular weight is 542 g/mol. The lowest BCUT2D eigenvalue weighted by molar-refractivity contribution is -0.384. The van der Waals surface area contributed by atoms with Crippen LogP contribution in [0.1, 0.15) is 18.4 Å². The highest BCUT2D eigenvalue weighted by atomic mass is 35.5. The van der Waals surface area contributed by atoms with E-state index in [2.05, 4.69) is 15.5 Å². The lowest BCUT2D eigenvalue weighted by Gasteiger charge is -2.15. The number of rotatable bonds is 8. The van der Waals surface area contributed by atoms with E-state index in [0.29, 0.717) is 29.7 Å². The molecule has 1 aliphatic rings. The normalized spacial score (nSPS) is 15.7. The Labute approximate surface area is 212 Å². The molecule has 0 spiro atoms. The standard InChI is InChI=1S/C22H19ClF3N5O4S/c23-18-8-5-14(10-17(18)22(24,25)26)27-19(32)12-36-21-29-28-20(30(21)11-16-2-1-9-35-16)13-3-6-15(7-4-13)31(33)34/h3-8,10,16H,1-2,9,11-12H2,(H,27,32)/t16-/m1/s1. The molecule has 0 bridgehead atoms. The van der Waals surface area contributed by atoms with Gasteiger partial charge in [0.1, 0.15) is 0 Å². The molecule has 14 heteroatoms. The number of anilines is 1. The van der Waals surface area contributed by atoms with Crippen molar-refractivity contribution in [2.24, 2.45) is 0 Å². The number of carbonyl (C=O) groups is 1. The number of nitrogens with one attached hydrogen (secondary N) is 1. The number of thioether (sulfide) groups is 1. The first-order valence-corrected chi connectivity index (χ1v) is 12.1. The number of benzene rings is 2. The number of carbonyl (C=O) groups excluding carboxylic acids is 1. The summed E-state index contributed by atoms with van der Waals surface area (Å²) in [7, 11) is 0. The van der Waals surface area contributed by atoms with Crippen molar-refractivity contribution < 1.29 is 27.6 Å². The molecular weight excluding hydrogens is 523 g/mol. The lowest BCUT2D eigenvalue weighted by atomic mass is 10.2. The Morgan fingerprint density at radius 3 is 2.64 bits per heavy atom. The summed E-state index contributed by atoms with van der Waals surface area (Å²) in [6, 6.07) is 8.98. The van der Waals surface area contributed by atoms with Crippen LogP contribution in [-0.4, -0.2) is 44.1 Å². The van der Waals surface area contributed by atoms with Crippen LogP contribution in [0.25, 0.3) is 11.4 Å². The van der Waals surface area contributed by atoms with Crippen LogP contribution in [0.15, 0.2) is 47.6 Å². The van der Waals surface area contributed by atoms with E-state index in [0.717, 1.165) is 36.7 Å². The molecule has 2 aromatic carbocycles. The van der Waals surface area contributed by atoms with Gasteiger partial charge >= 0.3 is 6.18 Å². The van der Waals surface area contributed by atoms with Crippen LogP contribution in [0, 0.1) is 10.1 Å². The molecule has 0 aliphatic carbocycles. The smallest absolute Gasteiger partial charge is 0.376 e. The van der Waals surface area contributed by atoms with Gasteiger partial charge in [-0.15, -0.1) is 10.2 Å². The zero-order valence-corrected chi connectivity index (χ0v) is 20.1. The quantitative estimate of drug-likeness (QED) is 0.230. The summed E-state index contributed by atoms with van der Waals surface area (Å²) in [6.45, 7) is 1.04. The van der Waals surface area contributed by atoms with Crippen LogP contribution in [0.3, 0.4) is 0 Å². The first kappa shape index (κ1) is 25.9. The van der Waals surface area contributed by atoms with Crippen molar-refractivity contribution in [1.29, 1.82) is 0 Å². The van der Waals surface area contributed by atoms with Gasteiger partial charge in [-0.05, 0) is 43.2 Å². The second kappa shape index (κ2) is 10.8. The zero-order valence-electron chi connectivity index (χ0n) is 18.5. The largest absolute Gasteiger partial charge is 0.417 e. The Bertz CT molecular complexity index is 1260. The first-order valence-electron chi connectivity index (χ1n) is 10.7. The number of nitro benzene ring substituents is 1. The molecule has 0 radical (unpaired) electrons. The minimum Gasteiger partial charge on any atom is -0.376 e. The summed E-state index contributed by atoms with van der Waals surface area (Å²) in [5.74, 6) is -0.233. The van der Waals surface area contributed by atoms with Crippen molar-refractivity contribution in [3.63, 3.8) is 0 Å². The molecule has 1 N–H and O–H groups in total. The Morgan fingerprint density at radius 1 is 1.25 bits per heavy atom. The fraction of sp³-hybridized carbons (Fsp3) is 0.318. The van der Waals surface area contributed by atoms with Gasteiger partial charge < -0.3 is 10.1 Å². The van der Waals surface area contributed by atoms with E-state index >= 15 is 0 Å². The molecule has 9 nitrogen and oxygen atoms in total. The molecule has 0 unspecified atom stereocenters. The van der Waals surface area contributed by atoms with Gasteiger partial charge in [0.2, 0.25) is 5.91 Å². The SMILES string of the molecule is O=C(CSc1nnc(-c2ccc([N+](=O)[O-])cc2)n1C[C@H]1CCCO1)Nc1ccc(Cl)c(C(F)(F)F)c1. The summed E-state index contributed by atoms with van der Waals surface area (Å²) >= 11 is 6.68. The number of hydrogen-bond acceptors (Lipinski definition) is 7. The zero-order chi connectivity index (χ0) is 25.9.